The van der Waals surface area contributed by atoms with E-state index in [1.807, 2.05) is 40.1 Å². The minimum absolute atomic E-state index is 0.0167. The Morgan fingerprint density at radius 2 is 1.62 bits per heavy atom. The topological polar surface area (TPSA) is 77.0 Å². The molecule has 0 radical (unpaired) electrons. The molecule has 3 aliphatic rings. The Bertz CT molecular complexity index is 914. The van der Waals surface area contributed by atoms with Crippen LogP contribution in [-0.2, 0) is 0 Å². The number of hydrogen-bond acceptors (Lipinski definition) is 5. The number of likely N-dealkylation sites (tertiary alicyclic amines) is 1. The molecule has 0 aliphatic carbocycles. The van der Waals surface area contributed by atoms with Crippen molar-refractivity contribution in [3.05, 3.63) is 66.0 Å². The van der Waals surface area contributed by atoms with Crippen molar-refractivity contribution in [3.8, 4) is 0 Å². The second kappa shape index (κ2) is 6.93. The van der Waals surface area contributed by atoms with Crippen molar-refractivity contribution in [2.24, 2.45) is 0 Å². The molecule has 1 N–H and O–H groups in total. The molecule has 4 heterocycles. The van der Waals surface area contributed by atoms with Gasteiger partial charge in [-0.2, -0.15) is 0 Å². The number of aromatic nitrogens is 1. The number of piperazine rings is 1. The van der Waals surface area contributed by atoms with Crippen molar-refractivity contribution in [2.45, 2.75) is 24.1 Å². The van der Waals surface area contributed by atoms with Crippen molar-refractivity contribution >= 4 is 11.8 Å². The molecule has 0 bridgehead atoms. The van der Waals surface area contributed by atoms with Crippen molar-refractivity contribution in [1.82, 2.24) is 19.7 Å². The SMILES string of the molecule is O=C(c1ccccc1)N1CC2CC(O)CN2C2(C1)CN(C(=O)c1cccnc1)C2. The number of β-amino-alcohol motifs (C(OH)–C–C–N with tert-alkyl or cyclic N) is 1. The fraction of sp³-hybridized carbons (Fsp3) is 0.409. The highest BCUT2D eigenvalue weighted by molar-refractivity contribution is 5.95. The van der Waals surface area contributed by atoms with Crippen LogP contribution < -0.4 is 0 Å². The van der Waals surface area contributed by atoms with Crippen LogP contribution in [0.2, 0.25) is 0 Å². The molecule has 7 nitrogen and oxygen atoms in total. The third-order valence-electron chi connectivity index (χ3n) is 6.39. The van der Waals surface area contributed by atoms with Crippen molar-refractivity contribution < 1.29 is 14.7 Å². The van der Waals surface area contributed by atoms with Crippen molar-refractivity contribution in [3.63, 3.8) is 0 Å². The Kier molecular flexibility index (Phi) is 4.37. The molecule has 1 aromatic carbocycles. The Morgan fingerprint density at radius 3 is 2.34 bits per heavy atom. The second-order valence-corrected chi connectivity index (χ2v) is 8.37. The average molecular weight is 392 g/mol. The molecule has 0 saturated carbocycles. The molecule has 2 aromatic rings. The predicted molar refractivity (Wildman–Crippen MR) is 106 cm³/mol. The number of carbonyl (C=O) groups excluding carboxylic acids is 2. The third-order valence-corrected chi connectivity index (χ3v) is 6.39. The Balaban J connectivity index is 1.37. The lowest BCUT2D eigenvalue weighted by atomic mass is 9.83. The van der Waals surface area contributed by atoms with Gasteiger partial charge in [0.05, 0.1) is 17.2 Å². The summed E-state index contributed by atoms with van der Waals surface area (Å²) in [5, 5.41) is 10.3. The normalized spacial score (nSPS) is 25.6. The van der Waals surface area contributed by atoms with Crippen molar-refractivity contribution in [2.75, 3.05) is 32.7 Å². The number of aliphatic hydroxyl groups excluding tert-OH is 1. The highest BCUT2D eigenvalue weighted by Gasteiger charge is 2.57. The minimum Gasteiger partial charge on any atom is -0.392 e. The zero-order chi connectivity index (χ0) is 20.0. The molecule has 3 fully saturated rings. The van der Waals surface area contributed by atoms with E-state index in [4.69, 9.17) is 0 Å². The molecule has 3 aliphatic heterocycles. The lowest BCUT2D eigenvalue weighted by Crippen LogP contribution is -2.79. The van der Waals surface area contributed by atoms with E-state index in [1.165, 1.54) is 0 Å². The lowest BCUT2D eigenvalue weighted by molar-refractivity contribution is -0.0917. The van der Waals surface area contributed by atoms with E-state index in [0.29, 0.717) is 50.3 Å². The van der Waals surface area contributed by atoms with Crippen LogP contribution >= 0.6 is 0 Å². The van der Waals surface area contributed by atoms with Gasteiger partial charge in [-0.25, -0.2) is 0 Å². The summed E-state index contributed by atoms with van der Waals surface area (Å²) >= 11 is 0. The Labute approximate surface area is 169 Å². The number of carbonyl (C=O) groups is 2. The van der Waals surface area contributed by atoms with Crippen LogP contribution in [0.3, 0.4) is 0 Å². The van der Waals surface area contributed by atoms with Crippen molar-refractivity contribution in [1.29, 1.82) is 0 Å². The van der Waals surface area contributed by atoms with Crippen LogP contribution in [0.15, 0.2) is 54.9 Å². The molecule has 2 amide bonds. The van der Waals surface area contributed by atoms with Crippen LogP contribution in [0.25, 0.3) is 0 Å². The van der Waals surface area contributed by atoms with Gasteiger partial charge in [-0.3, -0.25) is 19.5 Å². The van der Waals surface area contributed by atoms with Gasteiger partial charge in [-0.15, -0.1) is 0 Å². The molecule has 1 aromatic heterocycles. The summed E-state index contributed by atoms with van der Waals surface area (Å²) in [4.78, 5) is 36.0. The van der Waals surface area contributed by atoms with Crippen LogP contribution in [0.5, 0.6) is 0 Å². The smallest absolute Gasteiger partial charge is 0.255 e. The van der Waals surface area contributed by atoms with Gasteiger partial charge in [0.2, 0.25) is 0 Å². The van der Waals surface area contributed by atoms with E-state index in [-0.39, 0.29) is 29.5 Å². The maximum atomic E-state index is 13.1. The molecule has 5 rings (SSSR count). The number of hydrogen-bond donors (Lipinski definition) is 1. The van der Waals surface area contributed by atoms with Crippen LogP contribution in [0.1, 0.15) is 27.1 Å². The summed E-state index contributed by atoms with van der Waals surface area (Å²) in [5.41, 5.74) is 0.966. The fourth-order valence-electron chi connectivity index (χ4n) is 5.09. The summed E-state index contributed by atoms with van der Waals surface area (Å²) in [6, 6.07) is 13.0. The number of aliphatic hydroxyl groups is 1. The summed E-state index contributed by atoms with van der Waals surface area (Å²) in [7, 11) is 0. The van der Waals surface area contributed by atoms with Gasteiger partial charge in [0.25, 0.3) is 11.8 Å². The fourth-order valence-corrected chi connectivity index (χ4v) is 5.09. The van der Waals surface area contributed by atoms with Crippen LogP contribution in [-0.4, -0.2) is 87.0 Å². The predicted octanol–water partition coefficient (Wildman–Crippen LogP) is 0.867. The highest BCUT2D eigenvalue weighted by Crippen LogP contribution is 2.39. The Morgan fingerprint density at radius 1 is 0.931 bits per heavy atom. The standard InChI is InChI=1S/C22H24N4O3/c27-19-9-18-11-24(20(28)16-5-2-1-3-6-16)13-22(26(18)12-19)14-25(15-22)21(29)17-7-4-8-23-10-17/h1-8,10,18-19,27H,9,11-15H2. The largest absolute Gasteiger partial charge is 0.392 e. The van der Waals surface area contributed by atoms with E-state index in [0.717, 1.165) is 0 Å². The zero-order valence-corrected chi connectivity index (χ0v) is 16.1. The highest BCUT2D eigenvalue weighted by atomic mass is 16.3. The lowest BCUT2D eigenvalue weighted by Gasteiger charge is -2.60. The molecule has 29 heavy (non-hydrogen) atoms. The third kappa shape index (κ3) is 3.10. The quantitative estimate of drug-likeness (QED) is 0.821. The number of nitrogens with zero attached hydrogens (tertiary/aromatic N) is 4. The molecule has 2 unspecified atom stereocenters. The summed E-state index contributed by atoms with van der Waals surface area (Å²) in [5.74, 6) is -0.0189. The average Bonchev–Trinajstić information content (AvgIpc) is 3.12. The molecule has 150 valence electrons. The number of amides is 2. The Hall–Kier alpha value is -2.77. The molecular weight excluding hydrogens is 368 g/mol. The first-order valence-electron chi connectivity index (χ1n) is 10.0. The monoisotopic (exact) mass is 392 g/mol. The zero-order valence-electron chi connectivity index (χ0n) is 16.1. The second-order valence-electron chi connectivity index (χ2n) is 8.37. The van der Waals surface area contributed by atoms with Gasteiger partial charge in [0.1, 0.15) is 0 Å². The molecule has 2 atom stereocenters. The van der Waals surface area contributed by atoms with Gasteiger partial charge in [0, 0.05) is 56.7 Å². The summed E-state index contributed by atoms with van der Waals surface area (Å²) < 4.78 is 0. The van der Waals surface area contributed by atoms with E-state index in [1.54, 1.807) is 24.5 Å². The van der Waals surface area contributed by atoms with E-state index < -0.39 is 0 Å². The van der Waals surface area contributed by atoms with Gasteiger partial charge in [-0.05, 0) is 30.7 Å². The van der Waals surface area contributed by atoms with E-state index in [9.17, 15) is 14.7 Å². The van der Waals surface area contributed by atoms with E-state index in [2.05, 4.69) is 9.88 Å². The maximum absolute atomic E-state index is 13.1. The summed E-state index contributed by atoms with van der Waals surface area (Å²) in [6.07, 6.45) is 3.52. The maximum Gasteiger partial charge on any atom is 0.255 e. The summed E-state index contributed by atoms with van der Waals surface area (Å²) in [6.45, 7) is 2.90. The molecule has 7 heteroatoms. The van der Waals surface area contributed by atoms with E-state index >= 15 is 0 Å². The number of fused-ring (bicyclic) bond motifs is 2. The molecular formula is C22H24N4O3. The van der Waals surface area contributed by atoms with Gasteiger partial charge >= 0.3 is 0 Å². The number of rotatable bonds is 2. The van der Waals surface area contributed by atoms with Gasteiger partial charge in [-0.1, -0.05) is 18.2 Å². The first kappa shape index (κ1) is 18.3. The molecule has 1 spiro atoms. The van der Waals surface area contributed by atoms with Gasteiger partial charge in [0.15, 0.2) is 0 Å². The number of pyridine rings is 1. The number of benzene rings is 1. The van der Waals surface area contributed by atoms with Crippen LogP contribution in [0.4, 0.5) is 0 Å². The first-order chi connectivity index (χ1) is 14.1. The minimum atomic E-state index is -0.383. The van der Waals surface area contributed by atoms with Crippen LogP contribution in [0, 0.1) is 0 Å². The van der Waals surface area contributed by atoms with Gasteiger partial charge < -0.3 is 14.9 Å². The first-order valence-corrected chi connectivity index (χ1v) is 10.0. The molecule has 3 saturated heterocycles.